The summed E-state index contributed by atoms with van der Waals surface area (Å²) in [4.78, 5) is 1.36. The molecule has 16 heavy (non-hydrogen) atoms. The van der Waals surface area contributed by atoms with E-state index in [1.807, 2.05) is 0 Å². The molecule has 0 bridgehead atoms. The van der Waals surface area contributed by atoms with Gasteiger partial charge < -0.3 is 0 Å². The van der Waals surface area contributed by atoms with Crippen molar-refractivity contribution >= 4 is 38.9 Å². The first kappa shape index (κ1) is 12.9. The van der Waals surface area contributed by atoms with Crippen LogP contribution in [0.4, 0.5) is 0 Å². The molecule has 3 heteroatoms. The molecule has 1 aliphatic carbocycles. The lowest BCUT2D eigenvalue weighted by atomic mass is 9.85. The van der Waals surface area contributed by atoms with E-state index in [2.05, 4.69) is 28.9 Å². The topological polar surface area (TPSA) is 0 Å². The minimum absolute atomic E-state index is 0.214. The summed E-state index contributed by atoms with van der Waals surface area (Å²) < 4.78 is 1.20. The van der Waals surface area contributed by atoms with Crippen molar-refractivity contribution in [3.05, 3.63) is 20.3 Å². The lowest BCUT2D eigenvalue weighted by Gasteiger charge is -2.23. The van der Waals surface area contributed by atoms with Gasteiger partial charge in [0.25, 0.3) is 0 Å². The second-order valence-corrected chi connectivity index (χ2v) is 7.93. The molecule has 1 aromatic rings. The molecule has 1 atom stereocenters. The second kappa shape index (κ2) is 5.88. The summed E-state index contributed by atoms with van der Waals surface area (Å²) in [6.45, 7) is 2.17. The Labute approximate surface area is 116 Å². The van der Waals surface area contributed by atoms with Crippen LogP contribution in [0.2, 0.25) is 0 Å². The molecular formula is C13H18BrClS. The van der Waals surface area contributed by atoms with Crippen molar-refractivity contribution in [2.45, 2.75) is 50.8 Å². The standard InChI is InChI=1S/C13H18BrClS/c1-9-11(8-13(14)16-9)12(15)7-10-5-3-2-4-6-10/h8,10,12H,2-7H2,1H3. The van der Waals surface area contributed by atoms with Crippen molar-refractivity contribution < 1.29 is 0 Å². The molecule has 0 spiro atoms. The normalized spacial score (nSPS) is 19.9. The summed E-state index contributed by atoms with van der Waals surface area (Å²) in [5.74, 6) is 0.856. The molecule has 1 aromatic heterocycles. The molecule has 1 heterocycles. The van der Waals surface area contributed by atoms with Gasteiger partial charge in [0.15, 0.2) is 0 Å². The van der Waals surface area contributed by atoms with Crippen LogP contribution in [0, 0.1) is 12.8 Å². The first-order valence-corrected chi connectivity index (χ1v) is 8.11. The molecule has 2 rings (SSSR count). The van der Waals surface area contributed by atoms with Gasteiger partial charge in [-0.25, -0.2) is 0 Å². The van der Waals surface area contributed by atoms with Crippen molar-refractivity contribution in [1.82, 2.24) is 0 Å². The number of aryl methyl sites for hydroxylation is 1. The van der Waals surface area contributed by atoms with Crippen LogP contribution in [0.1, 0.15) is 54.3 Å². The fourth-order valence-corrected chi connectivity index (χ4v) is 4.93. The third kappa shape index (κ3) is 3.24. The highest BCUT2D eigenvalue weighted by Crippen LogP contribution is 2.39. The van der Waals surface area contributed by atoms with E-state index in [0.717, 1.165) is 12.3 Å². The van der Waals surface area contributed by atoms with Gasteiger partial charge in [-0.3, -0.25) is 0 Å². The molecule has 0 aromatic carbocycles. The van der Waals surface area contributed by atoms with Crippen molar-refractivity contribution in [2.24, 2.45) is 5.92 Å². The maximum atomic E-state index is 6.54. The Morgan fingerprint density at radius 1 is 1.44 bits per heavy atom. The summed E-state index contributed by atoms with van der Waals surface area (Å²) in [5.41, 5.74) is 1.34. The van der Waals surface area contributed by atoms with E-state index in [1.54, 1.807) is 11.3 Å². The van der Waals surface area contributed by atoms with Crippen LogP contribution >= 0.6 is 38.9 Å². The Morgan fingerprint density at radius 3 is 2.69 bits per heavy atom. The predicted octanol–water partition coefficient (Wildman–Crippen LogP) is 6.07. The molecule has 0 aliphatic heterocycles. The zero-order chi connectivity index (χ0) is 11.5. The minimum atomic E-state index is 0.214. The highest BCUT2D eigenvalue weighted by Gasteiger charge is 2.20. The maximum absolute atomic E-state index is 6.54. The van der Waals surface area contributed by atoms with Gasteiger partial charge >= 0.3 is 0 Å². The zero-order valence-electron chi connectivity index (χ0n) is 9.64. The van der Waals surface area contributed by atoms with Gasteiger partial charge in [-0.2, -0.15) is 0 Å². The second-order valence-electron chi connectivity index (χ2n) is 4.77. The monoisotopic (exact) mass is 320 g/mol. The summed E-state index contributed by atoms with van der Waals surface area (Å²) in [6, 6.07) is 2.19. The first-order chi connectivity index (χ1) is 7.66. The molecule has 1 aliphatic rings. The average Bonchev–Trinajstić information content (AvgIpc) is 2.59. The van der Waals surface area contributed by atoms with Crippen molar-refractivity contribution in [1.29, 1.82) is 0 Å². The number of hydrogen-bond acceptors (Lipinski definition) is 1. The molecule has 1 unspecified atom stereocenters. The van der Waals surface area contributed by atoms with E-state index >= 15 is 0 Å². The third-order valence-electron chi connectivity index (χ3n) is 3.53. The average molecular weight is 322 g/mol. The number of thiophene rings is 1. The number of halogens is 2. The Morgan fingerprint density at radius 2 is 2.12 bits per heavy atom. The molecule has 0 amide bonds. The molecule has 0 nitrogen and oxygen atoms in total. The summed E-state index contributed by atoms with van der Waals surface area (Å²) in [7, 11) is 0. The van der Waals surface area contributed by atoms with Crippen LogP contribution in [0.15, 0.2) is 9.85 Å². The van der Waals surface area contributed by atoms with Crippen LogP contribution in [-0.2, 0) is 0 Å². The summed E-state index contributed by atoms with van der Waals surface area (Å²) >= 11 is 11.9. The van der Waals surface area contributed by atoms with E-state index in [4.69, 9.17) is 11.6 Å². The Bertz CT molecular complexity index is 342. The van der Waals surface area contributed by atoms with Crippen LogP contribution in [-0.4, -0.2) is 0 Å². The van der Waals surface area contributed by atoms with Gasteiger partial charge in [0, 0.05) is 4.88 Å². The molecular weight excluding hydrogens is 304 g/mol. The highest BCUT2D eigenvalue weighted by molar-refractivity contribution is 9.11. The third-order valence-corrected chi connectivity index (χ3v) is 5.51. The lowest BCUT2D eigenvalue weighted by Crippen LogP contribution is -2.08. The van der Waals surface area contributed by atoms with Gasteiger partial charge in [0.05, 0.1) is 9.16 Å². The Hall–Kier alpha value is 0.470. The number of alkyl halides is 1. The molecule has 1 saturated carbocycles. The van der Waals surface area contributed by atoms with Gasteiger partial charge in [-0.15, -0.1) is 22.9 Å². The van der Waals surface area contributed by atoms with Gasteiger partial charge in [-0.1, -0.05) is 32.1 Å². The van der Waals surface area contributed by atoms with E-state index < -0.39 is 0 Å². The molecule has 90 valence electrons. The van der Waals surface area contributed by atoms with E-state index in [0.29, 0.717) is 0 Å². The lowest BCUT2D eigenvalue weighted by molar-refractivity contribution is 0.336. The van der Waals surface area contributed by atoms with Crippen LogP contribution in [0.5, 0.6) is 0 Å². The SMILES string of the molecule is Cc1sc(Br)cc1C(Cl)CC1CCCCC1. The summed E-state index contributed by atoms with van der Waals surface area (Å²) in [5, 5.41) is 0.214. The maximum Gasteiger partial charge on any atom is 0.0704 e. The Kier molecular flexibility index (Phi) is 4.75. The van der Waals surface area contributed by atoms with Crippen molar-refractivity contribution in [2.75, 3.05) is 0 Å². The number of rotatable bonds is 3. The minimum Gasteiger partial charge on any atom is -0.133 e. The van der Waals surface area contributed by atoms with Gasteiger partial charge in [-0.05, 0) is 46.8 Å². The van der Waals surface area contributed by atoms with Gasteiger partial charge in [0.1, 0.15) is 0 Å². The Balaban J connectivity index is 1.96. The molecule has 0 N–H and O–H groups in total. The largest absolute Gasteiger partial charge is 0.133 e. The number of hydrogen-bond donors (Lipinski definition) is 0. The predicted molar refractivity (Wildman–Crippen MR) is 76.5 cm³/mol. The van der Waals surface area contributed by atoms with E-state index in [-0.39, 0.29) is 5.38 Å². The quantitative estimate of drug-likeness (QED) is 0.593. The van der Waals surface area contributed by atoms with Crippen molar-refractivity contribution in [3.63, 3.8) is 0 Å². The smallest absolute Gasteiger partial charge is 0.0704 e. The van der Waals surface area contributed by atoms with Crippen LogP contribution < -0.4 is 0 Å². The molecule has 1 fully saturated rings. The van der Waals surface area contributed by atoms with Gasteiger partial charge in [0.2, 0.25) is 0 Å². The van der Waals surface area contributed by atoms with E-state index in [9.17, 15) is 0 Å². The van der Waals surface area contributed by atoms with E-state index in [1.165, 1.54) is 46.3 Å². The van der Waals surface area contributed by atoms with Crippen molar-refractivity contribution in [3.8, 4) is 0 Å². The summed E-state index contributed by atoms with van der Waals surface area (Å²) in [6.07, 6.45) is 8.15. The first-order valence-electron chi connectivity index (χ1n) is 6.06. The van der Waals surface area contributed by atoms with Crippen LogP contribution in [0.3, 0.4) is 0 Å². The molecule has 0 saturated heterocycles. The van der Waals surface area contributed by atoms with Crippen LogP contribution in [0.25, 0.3) is 0 Å². The fraction of sp³-hybridized carbons (Fsp3) is 0.692. The fourth-order valence-electron chi connectivity index (χ4n) is 2.61. The highest BCUT2D eigenvalue weighted by atomic mass is 79.9. The molecule has 0 radical (unpaired) electrons. The zero-order valence-corrected chi connectivity index (χ0v) is 12.8.